The monoisotopic (exact) mass is 386 g/mol. The Morgan fingerprint density at radius 3 is 2.26 bits per heavy atom. The number of carbonyl (C=O) groups excluding carboxylic acids is 1. The summed E-state index contributed by atoms with van der Waals surface area (Å²) in [5.74, 6) is 4.58. The first-order valence-corrected chi connectivity index (χ1v) is 11.9. The molecular formula is C21H30N4OS. The van der Waals surface area contributed by atoms with Crippen LogP contribution in [0.25, 0.3) is 0 Å². The van der Waals surface area contributed by atoms with Crippen molar-refractivity contribution in [2.45, 2.75) is 99.0 Å². The molecule has 6 aliphatic carbocycles. The quantitative estimate of drug-likeness (QED) is 0.749. The number of rotatable bonds is 6. The molecule has 0 unspecified atom stereocenters. The van der Waals surface area contributed by atoms with E-state index in [1.54, 1.807) is 11.8 Å². The second-order valence-corrected chi connectivity index (χ2v) is 11.5. The number of nitrogens with zero attached hydrogens (tertiary/aromatic N) is 3. The van der Waals surface area contributed by atoms with E-state index >= 15 is 0 Å². The van der Waals surface area contributed by atoms with Gasteiger partial charge in [-0.2, -0.15) is 0 Å². The standard InChI is InChI=1S/C21H30N4OS/c1-12(27-20-24-23-18(16-2-3-16)25(20)17-4-5-17)19(26)22-21-9-13-6-14(10-21)8-15(7-13)11-21/h12-17H,2-11H2,1H3,(H,22,26)/t12-,13?,14?,15?,21?/m0/s1. The van der Waals surface area contributed by atoms with Gasteiger partial charge in [0.25, 0.3) is 0 Å². The minimum atomic E-state index is -0.105. The van der Waals surface area contributed by atoms with Crippen LogP contribution in [-0.4, -0.2) is 31.5 Å². The van der Waals surface area contributed by atoms with Gasteiger partial charge in [-0.1, -0.05) is 11.8 Å². The maximum Gasteiger partial charge on any atom is 0.233 e. The molecule has 1 heterocycles. The van der Waals surface area contributed by atoms with Crippen molar-refractivity contribution in [1.82, 2.24) is 20.1 Å². The van der Waals surface area contributed by atoms with Gasteiger partial charge in [0.2, 0.25) is 5.91 Å². The molecule has 146 valence electrons. The zero-order valence-corrected chi connectivity index (χ0v) is 17.0. The summed E-state index contributed by atoms with van der Waals surface area (Å²) in [4.78, 5) is 13.1. The van der Waals surface area contributed by atoms with Crippen LogP contribution in [0.1, 0.15) is 88.9 Å². The number of carbonyl (C=O) groups is 1. The Bertz CT molecular complexity index is 731. The van der Waals surface area contributed by atoms with Crippen molar-refractivity contribution in [3.05, 3.63) is 5.82 Å². The Morgan fingerprint density at radius 2 is 1.70 bits per heavy atom. The average molecular weight is 387 g/mol. The fourth-order valence-electron chi connectivity index (χ4n) is 6.50. The van der Waals surface area contributed by atoms with Gasteiger partial charge in [0, 0.05) is 17.5 Å². The molecule has 1 aromatic rings. The third kappa shape index (κ3) is 3.02. The highest BCUT2D eigenvalue weighted by molar-refractivity contribution is 8.00. The van der Waals surface area contributed by atoms with E-state index in [0.29, 0.717) is 12.0 Å². The SMILES string of the molecule is C[C@H](Sc1nnc(C2CC2)n1C1CC1)C(=O)NC12CC3CC(CC(C3)C1)C2. The Balaban J connectivity index is 1.16. The summed E-state index contributed by atoms with van der Waals surface area (Å²) in [6.45, 7) is 2.04. The van der Waals surface area contributed by atoms with Gasteiger partial charge in [-0.05, 0) is 88.9 Å². The van der Waals surface area contributed by atoms with Crippen molar-refractivity contribution < 1.29 is 4.79 Å². The third-order valence-electron chi connectivity index (χ3n) is 7.62. The van der Waals surface area contributed by atoms with E-state index in [9.17, 15) is 4.79 Å². The molecule has 0 spiro atoms. The summed E-state index contributed by atoms with van der Waals surface area (Å²) in [5.41, 5.74) is 0.101. The van der Waals surface area contributed by atoms with Crippen molar-refractivity contribution >= 4 is 17.7 Å². The Labute approximate surface area is 165 Å². The van der Waals surface area contributed by atoms with Crippen LogP contribution in [0.5, 0.6) is 0 Å². The van der Waals surface area contributed by atoms with Gasteiger partial charge in [0.15, 0.2) is 5.16 Å². The van der Waals surface area contributed by atoms with E-state index in [-0.39, 0.29) is 16.7 Å². The molecule has 1 aromatic heterocycles. The second kappa shape index (κ2) is 5.98. The highest BCUT2D eigenvalue weighted by Gasteiger charge is 2.51. The molecule has 27 heavy (non-hydrogen) atoms. The molecule has 7 rings (SSSR count). The van der Waals surface area contributed by atoms with E-state index < -0.39 is 0 Å². The van der Waals surface area contributed by atoms with E-state index in [2.05, 4.69) is 20.1 Å². The van der Waals surface area contributed by atoms with Crippen LogP contribution in [-0.2, 0) is 4.79 Å². The van der Waals surface area contributed by atoms with Crippen molar-refractivity contribution in [3.63, 3.8) is 0 Å². The van der Waals surface area contributed by atoms with Gasteiger partial charge in [-0.3, -0.25) is 4.79 Å². The minimum Gasteiger partial charge on any atom is -0.350 e. The lowest BCUT2D eigenvalue weighted by Crippen LogP contribution is -2.60. The first-order valence-electron chi connectivity index (χ1n) is 11.0. The van der Waals surface area contributed by atoms with Crippen LogP contribution in [0.4, 0.5) is 0 Å². The highest BCUT2D eigenvalue weighted by atomic mass is 32.2. The number of aromatic nitrogens is 3. The molecule has 0 saturated heterocycles. The molecule has 1 atom stereocenters. The summed E-state index contributed by atoms with van der Waals surface area (Å²) in [5, 5.41) is 13.4. The molecule has 6 heteroatoms. The number of nitrogens with one attached hydrogen (secondary N) is 1. The van der Waals surface area contributed by atoms with Gasteiger partial charge in [-0.15, -0.1) is 10.2 Å². The number of hydrogen-bond acceptors (Lipinski definition) is 4. The highest BCUT2D eigenvalue weighted by Crippen LogP contribution is 2.55. The Kier molecular flexibility index (Phi) is 3.74. The minimum absolute atomic E-state index is 0.101. The smallest absolute Gasteiger partial charge is 0.233 e. The van der Waals surface area contributed by atoms with Gasteiger partial charge in [0.05, 0.1) is 5.25 Å². The van der Waals surface area contributed by atoms with Gasteiger partial charge in [0.1, 0.15) is 5.82 Å². The fraction of sp³-hybridized carbons (Fsp3) is 0.857. The molecule has 6 fully saturated rings. The third-order valence-corrected chi connectivity index (χ3v) is 8.68. The molecule has 5 nitrogen and oxygen atoms in total. The van der Waals surface area contributed by atoms with E-state index in [0.717, 1.165) is 22.9 Å². The van der Waals surface area contributed by atoms with Gasteiger partial charge < -0.3 is 9.88 Å². The normalized spacial score (nSPS) is 38.2. The largest absolute Gasteiger partial charge is 0.350 e. The maximum atomic E-state index is 13.1. The van der Waals surface area contributed by atoms with E-state index in [4.69, 9.17) is 0 Å². The average Bonchev–Trinajstić information content (AvgIpc) is 3.52. The predicted octanol–water partition coefficient (Wildman–Crippen LogP) is 4.06. The lowest BCUT2D eigenvalue weighted by molar-refractivity contribution is -0.126. The van der Waals surface area contributed by atoms with E-state index in [1.165, 1.54) is 70.0 Å². The van der Waals surface area contributed by atoms with Gasteiger partial charge >= 0.3 is 0 Å². The van der Waals surface area contributed by atoms with Crippen molar-refractivity contribution in [2.24, 2.45) is 17.8 Å². The second-order valence-electron chi connectivity index (χ2n) is 10.2. The summed E-state index contributed by atoms with van der Waals surface area (Å²) in [6.07, 6.45) is 12.8. The molecule has 6 aliphatic rings. The van der Waals surface area contributed by atoms with Crippen molar-refractivity contribution in [1.29, 1.82) is 0 Å². The lowest BCUT2D eigenvalue weighted by Gasteiger charge is -2.57. The maximum absolute atomic E-state index is 13.1. The van der Waals surface area contributed by atoms with Crippen molar-refractivity contribution in [2.75, 3.05) is 0 Å². The summed E-state index contributed by atoms with van der Waals surface area (Å²) < 4.78 is 2.36. The molecule has 0 radical (unpaired) electrons. The fourth-order valence-corrected chi connectivity index (χ4v) is 7.43. The number of thioether (sulfide) groups is 1. The summed E-state index contributed by atoms with van der Waals surface area (Å²) >= 11 is 1.62. The van der Waals surface area contributed by atoms with E-state index in [1.807, 2.05) is 6.92 Å². The predicted molar refractivity (Wildman–Crippen MR) is 105 cm³/mol. The molecule has 1 amide bonds. The molecule has 0 aromatic carbocycles. The number of hydrogen-bond donors (Lipinski definition) is 1. The topological polar surface area (TPSA) is 59.8 Å². The molecule has 4 bridgehead atoms. The molecule has 1 N–H and O–H groups in total. The Hall–Kier alpha value is -1.04. The zero-order chi connectivity index (χ0) is 18.2. The zero-order valence-electron chi connectivity index (χ0n) is 16.2. The van der Waals surface area contributed by atoms with Crippen molar-refractivity contribution in [3.8, 4) is 0 Å². The van der Waals surface area contributed by atoms with Crippen LogP contribution in [0.15, 0.2) is 5.16 Å². The first kappa shape index (κ1) is 16.9. The van der Waals surface area contributed by atoms with Crippen LogP contribution in [0, 0.1) is 17.8 Å². The Morgan fingerprint density at radius 1 is 1.07 bits per heavy atom. The molecule has 6 saturated carbocycles. The molecular weight excluding hydrogens is 356 g/mol. The van der Waals surface area contributed by atoms with Crippen LogP contribution in [0.2, 0.25) is 0 Å². The first-order chi connectivity index (χ1) is 13.1. The van der Waals surface area contributed by atoms with Crippen LogP contribution < -0.4 is 5.32 Å². The van der Waals surface area contributed by atoms with Crippen LogP contribution in [0.3, 0.4) is 0 Å². The molecule has 0 aliphatic heterocycles. The lowest BCUT2D eigenvalue weighted by atomic mass is 9.53. The summed E-state index contributed by atoms with van der Waals surface area (Å²) in [7, 11) is 0. The van der Waals surface area contributed by atoms with Gasteiger partial charge in [-0.25, -0.2) is 0 Å². The summed E-state index contributed by atoms with van der Waals surface area (Å²) in [6, 6.07) is 0.580. The van der Waals surface area contributed by atoms with Crippen LogP contribution >= 0.6 is 11.8 Å². The number of amides is 1.